The van der Waals surface area contributed by atoms with Gasteiger partial charge in [-0.2, -0.15) is 0 Å². The van der Waals surface area contributed by atoms with Gasteiger partial charge in [0.2, 0.25) is 0 Å². The van der Waals surface area contributed by atoms with Gasteiger partial charge in [0.1, 0.15) is 0 Å². The highest BCUT2D eigenvalue weighted by Gasteiger charge is 2.21. The van der Waals surface area contributed by atoms with Gasteiger partial charge in [0, 0.05) is 19.1 Å². The third-order valence-corrected chi connectivity index (χ3v) is 3.50. The number of carbonyl (C=O) groups excluding carboxylic acids is 1. The van der Waals surface area contributed by atoms with Crippen molar-refractivity contribution in [1.82, 2.24) is 10.2 Å². The molecule has 0 aromatic carbocycles. The van der Waals surface area contributed by atoms with Gasteiger partial charge in [-0.3, -0.25) is 0 Å². The zero-order valence-electron chi connectivity index (χ0n) is 10.3. The Morgan fingerprint density at radius 2 is 1.80 bits per heavy atom. The maximum atomic E-state index is 11.8. The maximum absolute atomic E-state index is 11.8. The predicted octanol–water partition coefficient (Wildman–Crippen LogP) is 2.62. The molecule has 88 valence electrons. The Morgan fingerprint density at radius 1 is 1.27 bits per heavy atom. The van der Waals surface area contributed by atoms with Gasteiger partial charge in [-0.15, -0.1) is 0 Å². The SMILES string of the molecule is CCC(CC)C(C)NC(=O)N1CCCC1. The number of carbonyl (C=O) groups is 1. The number of nitrogens with one attached hydrogen (secondary N) is 1. The molecule has 3 nitrogen and oxygen atoms in total. The minimum absolute atomic E-state index is 0.131. The summed E-state index contributed by atoms with van der Waals surface area (Å²) < 4.78 is 0. The summed E-state index contributed by atoms with van der Waals surface area (Å²) >= 11 is 0. The van der Waals surface area contributed by atoms with Crippen LogP contribution in [0.5, 0.6) is 0 Å². The monoisotopic (exact) mass is 212 g/mol. The van der Waals surface area contributed by atoms with E-state index < -0.39 is 0 Å². The molecule has 2 amide bonds. The quantitative estimate of drug-likeness (QED) is 0.763. The Bertz CT molecular complexity index is 196. The fraction of sp³-hybridized carbons (Fsp3) is 0.917. The second kappa shape index (κ2) is 5.99. The molecule has 0 saturated carbocycles. The first-order valence-electron chi connectivity index (χ1n) is 6.24. The second-order valence-electron chi connectivity index (χ2n) is 4.51. The van der Waals surface area contributed by atoms with E-state index >= 15 is 0 Å². The van der Waals surface area contributed by atoms with Crippen molar-refractivity contribution in [3.8, 4) is 0 Å². The van der Waals surface area contributed by atoms with Crippen molar-refractivity contribution < 1.29 is 4.79 Å². The van der Waals surface area contributed by atoms with Gasteiger partial charge in [-0.05, 0) is 25.7 Å². The summed E-state index contributed by atoms with van der Waals surface area (Å²) in [5.41, 5.74) is 0. The highest BCUT2D eigenvalue weighted by Crippen LogP contribution is 2.14. The Labute approximate surface area is 93.2 Å². The molecule has 1 atom stereocenters. The number of urea groups is 1. The number of likely N-dealkylation sites (tertiary alicyclic amines) is 1. The van der Waals surface area contributed by atoms with Crippen molar-refractivity contribution in [2.45, 2.75) is 52.5 Å². The van der Waals surface area contributed by atoms with Crippen LogP contribution in [0.2, 0.25) is 0 Å². The standard InChI is InChI=1S/C12H24N2O/c1-4-11(5-2)10(3)13-12(15)14-8-6-7-9-14/h10-11H,4-9H2,1-3H3,(H,13,15). The van der Waals surface area contributed by atoms with Crippen molar-refractivity contribution in [1.29, 1.82) is 0 Å². The first kappa shape index (κ1) is 12.3. The van der Waals surface area contributed by atoms with Crippen molar-refractivity contribution in [3.05, 3.63) is 0 Å². The largest absolute Gasteiger partial charge is 0.335 e. The van der Waals surface area contributed by atoms with E-state index in [1.54, 1.807) is 0 Å². The first-order valence-corrected chi connectivity index (χ1v) is 6.24. The number of rotatable bonds is 4. The normalized spacial score (nSPS) is 18.3. The van der Waals surface area contributed by atoms with E-state index in [-0.39, 0.29) is 6.03 Å². The molecule has 0 aliphatic carbocycles. The lowest BCUT2D eigenvalue weighted by atomic mass is 9.96. The van der Waals surface area contributed by atoms with E-state index in [9.17, 15) is 4.79 Å². The van der Waals surface area contributed by atoms with Crippen molar-refractivity contribution in [2.24, 2.45) is 5.92 Å². The van der Waals surface area contributed by atoms with E-state index in [1.165, 1.54) is 0 Å². The minimum atomic E-state index is 0.131. The molecular formula is C12H24N2O. The summed E-state index contributed by atoms with van der Waals surface area (Å²) in [6.07, 6.45) is 4.59. The van der Waals surface area contributed by atoms with Gasteiger partial charge < -0.3 is 10.2 Å². The first-order chi connectivity index (χ1) is 7.19. The Kier molecular flexibility index (Phi) is 4.92. The Balaban J connectivity index is 2.35. The van der Waals surface area contributed by atoms with E-state index in [1.807, 2.05) is 4.90 Å². The number of amides is 2. The third kappa shape index (κ3) is 3.40. The molecule has 1 N–H and O–H groups in total. The van der Waals surface area contributed by atoms with Gasteiger partial charge in [-0.1, -0.05) is 26.7 Å². The Hall–Kier alpha value is -0.730. The van der Waals surface area contributed by atoms with Gasteiger partial charge in [0.05, 0.1) is 0 Å². The highest BCUT2D eigenvalue weighted by atomic mass is 16.2. The van der Waals surface area contributed by atoms with E-state index in [2.05, 4.69) is 26.1 Å². The molecule has 1 heterocycles. The van der Waals surface area contributed by atoms with Gasteiger partial charge in [-0.25, -0.2) is 4.79 Å². The van der Waals surface area contributed by atoms with Crippen LogP contribution in [0, 0.1) is 5.92 Å². The molecular weight excluding hydrogens is 188 g/mol. The van der Waals surface area contributed by atoms with Crippen LogP contribution in [0.1, 0.15) is 46.5 Å². The highest BCUT2D eigenvalue weighted by molar-refractivity contribution is 5.74. The fourth-order valence-electron chi connectivity index (χ4n) is 2.32. The molecule has 0 spiro atoms. The molecule has 1 saturated heterocycles. The molecule has 0 bridgehead atoms. The van der Waals surface area contributed by atoms with Crippen LogP contribution in [-0.2, 0) is 0 Å². The van der Waals surface area contributed by atoms with Gasteiger partial charge in [0.15, 0.2) is 0 Å². The number of nitrogens with zero attached hydrogens (tertiary/aromatic N) is 1. The molecule has 15 heavy (non-hydrogen) atoms. The van der Waals surface area contributed by atoms with Crippen LogP contribution in [0.4, 0.5) is 4.79 Å². The smallest absolute Gasteiger partial charge is 0.317 e. The van der Waals surface area contributed by atoms with Gasteiger partial charge in [0.25, 0.3) is 0 Å². The van der Waals surface area contributed by atoms with E-state index in [0.717, 1.165) is 38.8 Å². The minimum Gasteiger partial charge on any atom is -0.335 e. The lowest BCUT2D eigenvalue weighted by Gasteiger charge is -2.25. The fourth-order valence-corrected chi connectivity index (χ4v) is 2.32. The molecule has 1 unspecified atom stereocenters. The van der Waals surface area contributed by atoms with Crippen LogP contribution >= 0.6 is 0 Å². The van der Waals surface area contributed by atoms with Crippen LogP contribution in [0.25, 0.3) is 0 Å². The van der Waals surface area contributed by atoms with E-state index in [0.29, 0.717) is 12.0 Å². The van der Waals surface area contributed by atoms with Crippen molar-refractivity contribution in [3.63, 3.8) is 0 Å². The van der Waals surface area contributed by atoms with Crippen LogP contribution < -0.4 is 5.32 Å². The molecule has 1 aliphatic rings. The van der Waals surface area contributed by atoms with Crippen LogP contribution in [0.3, 0.4) is 0 Å². The average molecular weight is 212 g/mol. The summed E-state index contributed by atoms with van der Waals surface area (Å²) in [6.45, 7) is 8.36. The van der Waals surface area contributed by atoms with Crippen molar-refractivity contribution >= 4 is 6.03 Å². The lowest BCUT2D eigenvalue weighted by molar-refractivity contribution is 0.199. The van der Waals surface area contributed by atoms with Crippen LogP contribution in [-0.4, -0.2) is 30.1 Å². The summed E-state index contributed by atoms with van der Waals surface area (Å²) in [5, 5.41) is 3.11. The van der Waals surface area contributed by atoms with Crippen LogP contribution in [0.15, 0.2) is 0 Å². The molecule has 0 aromatic rings. The predicted molar refractivity (Wildman–Crippen MR) is 62.9 cm³/mol. The topological polar surface area (TPSA) is 32.3 Å². The molecule has 0 radical (unpaired) electrons. The van der Waals surface area contributed by atoms with Gasteiger partial charge >= 0.3 is 6.03 Å². The zero-order chi connectivity index (χ0) is 11.3. The van der Waals surface area contributed by atoms with E-state index in [4.69, 9.17) is 0 Å². The molecule has 1 aliphatic heterocycles. The van der Waals surface area contributed by atoms with Crippen molar-refractivity contribution in [2.75, 3.05) is 13.1 Å². The number of hydrogen-bond donors (Lipinski definition) is 1. The molecule has 1 fully saturated rings. The zero-order valence-corrected chi connectivity index (χ0v) is 10.3. The average Bonchev–Trinajstić information content (AvgIpc) is 2.72. The summed E-state index contributed by atoms with van der Waals surface area (Å²) in [6, 6.07) is 0.431. The molecule has 0 aromatic heterocycles. The molecule has 3 heteroatoms. The Morgan fingerprint density at radius 3 is 2.27 bits per heavy atom. The summed E-state index contributed by atoms with van der Waals surface area (Å²) in [4.78, 5) is 13.7. The maximum Gasteiger partial charge on any atom is 0.317 e. The number of hydrogen-bond acceptors (Lipinski definition) is 1. The summed E-state index contributed by atoms with van der Waals surface area (Å²) in [7, 11) is 0. The third-order valence-electron chi connectivity index (χ3n) is 3.50. The molecule has 1 rings (SSSR count). The lowest BCUT2D eigenvalue weighted by Crippen LogP contribution is -2.45. The second-order valence-corrected chi connectivity index (χ2v) is 4.51. The summed E-state index contributed by atoms with van der Waals surface area (Å²) in [5.74, 6) is 0.608.